The van der Waals surface area contributed by atoms with Crippen molar-refractivity contribution in [1.82, 2.24) is 10.6 Å². The van der Waals surface area contributed by atoms with E-state index in [-0.39, 0.29) is 24.7 Å². The van der Waals surface area contributed by atoms with Gasteiger partial charge in [0.2, 0.25) is 0 Å². The highest BCUT2D eigenvalue weighted by molar-refractivity contribution is 6.08. The lowest BCUT2D eigenvalue weighted by Gasteiger charge is -2.21. The Morgan fingerprint density at radius 1 is 1.42 bits per heavy atom. The molecule has 2 N–H and O–H groups in total. The molecule has 1 amide bonds. The Balaban J connectivity index is 2.48. The minimum absolute atomic E-state index is 0.0989. The van der Waals surface area contributed by atoms with Gasteiger partial charge in [0.1, 0.15) is 5.54 Å². The third-order valence-corrected chi connectivity index (χ3v) is 2.83. The van der Waals surface area contributed by atoms with Crippen molar-refractivity contribution in [3.05, 3.63) is 0 Å². The van der Waals surface area contributed by atoms with Crippen LogP contribution >= 0.6 is 0 Å². The second kappa shape index (κ2) is 6.23. The molecule has 0 aromatic carbocycles. The average molecular weight is 281 g/mol. The van der Waals surface area contributed by atoms with Crippen molar-refractivity contribution in [1.29, 1.82) is 0 Å². The minimum Gasteiger partial charge on any atom is -0.383 e. The molecular weight excluding hydrogens is 263 g/mol. The average Bonchev–Trinajstić information content (AvgIpc) is 2.53. The molecule has 1 atom stereocenters. The van der Waals surface area contributed by atoms with Gasteiger partial charge in [-0.3, -0.25) is 15.1 Å². The number of ether oxygens (including phenoxy) is 1. The summed E-state index contributed by atoms with van der Waals surface area (Å²) in [6.07, 6.45) is -5.10. The Bertz CT molecular complexity index is 358. The SMILES string of the molecule is COCCN=C1NC(=O)C(C)(CCCC(F)(F)F)N1. The molecule has 110 valence electrons. The molecule has 1 saturated heterocycles. The summed E-state index contributed by atoms with van der Waals surface area (Å²) in [7, 11) is 1.53. The number of aliphatic imine (C=N–C) groups is 1. The van der Waals surface area contributed by atoms with Crippen LogP contribution in [0.3, 0.4) is 0 Å². The molecule has 0 aromatic rings. The van der Waals surface area contributed by atoms with Crippen LogP contribution in [0.2, 0.25) is 0 Å². The van der Waals surface area contributed by atoms with Crippen molar-refractivity contribution in [2.45, 2.75) is 37.9 Å². The number of hydrogen-bond donors (Lipinski definition) is 2. The van der Waals surface area contributed by atoms with E-state index < -0.39 is 18.1 Å². The summed E-state index contributed by atoms with van der Waals surface area (Å²) in [6, 6.07) is 0. The largest absolute Gasteiger partial charge is 0.389 e. The first-order valence-corrected chi connectivity index (χ1v) is 5.96. The number of rotatable bonds is 6. The molecule has 8 heteroatoms. The predicted octanol–water partition coefficient (Wildman–Crippen LogP) is 1.20. The number of alkyl halides is 3. The first-order chi connectivity index (χ1) is 8.77. The van der Waals surface area contributed by atoms with Gasteiger partial charge in [-0.25, -0.2) is 0 Å². The van der Waals surface area contributed by atoms with Gasteiger partial charge < -0.3 is 10.1 Å². The fourth-order valence-electron chi connectivity index (χ4n) is 1.74. The number of nitrogens with zero attached hydrogens (tertiary/aromatic N) is 1. The summed E-state index contributed by atoms with van der Waals surface area (Å²) < 4.78 is 41.0. The number of carbonyl (C=O) groups is 1. The van der Waals surface area contributed by atoms with Crippen LogP contribution in [0.1, 0.15) is 26.2 Å². The van der Waals surface area contributed by atoms with Gasteiger partial charge in [-0.15, -0.1) is 0 Å². The summed E-state index contributed by atoms with van der Waals surface area (Å²) in [5, 5.41) is 5.34. The van der Waals surface area contributed by atoms with E-state index in [4.69, 9.17) is 4.74 Å². The quantitative estimate of drug-likeness (QED) is 0.719. The van der Waals surface area contributed by atoms with Crippen LogP contribution < -0.4 is 10.6 Å². The predicted molar refractivity (Wildman–Crippen MR) is 63.8 cm³/mol. The molecule has 0 radical (unpaired) electrons. The Kier molecular flexibility index (Phi) is 5.16. The monoisotopic (exact) mass is 281 g/mol. The number of amides is 1. The molecular formula is C11H18F3N3O2. The van der Waals surface area contributed by atoms with Crippen LogP contribution in [0.25, 0.3) is 0 Å². The van der Waals surface area contributed by atoms with Crippen molar-refractivity contribution in [2.75, 3.05) is 20.3 Å². The molecule has 1 rings (SSSR count). The molecule has 0 aliphatic carbocycles. The highest BCUT2D eigenvalue weighted by Gasteiger charge is 2.41. The van der Waals surface area contributed by atoms with Crippen LogP contribution in [-0.2, 0) is 9.53 Å². The van der Waals surface area contributed by atoms with Gasteiger partial charge in [0.15, 0.2) is 5.96 Å². The van der Waals surface area contributed by atoms with E-state index in [0.717, 1.165) is 0 Å². The van der Waals surface area contributed by atoms with Crippen molar-refractivity contribution < 1.29 is 22.7 Å². The van der Waals surface area contributed by atoms with Gasteiger partial charge in [-0.05, 0) is 19.8 Å². The summed E-state index contributed by atoms with van der Waals surface area (Å²) in [5.74, 6) is -0.0672. The van der Waals surface area contributed by atoms with Crippen LogP contribution in [0.5, 0.6) is 0 Å². The highest BCUT2D eigenvalue weighted by Crippen LogP contribution is 2.26. The van der Waals surface area contributed by atoms with Crippen molar-refractivity contribution in [3.8, 4) is 0 Å². The lowest BCUT2D eigenvalue weighted by atomic mass is 9.95. The van der Waals surface area contributed by atoms with E-state index in [2.05, 4.69) is 15.6 Å². The standard InChI is InChI=1S/C11H18F3N3O2/c1-10(4-3-5-11(12,13)14)8(18)16-9(17-10)15-6-7-19-2/h3-7H2,1-2H3,(H2,15,16,17,18). The van der Waals surface area contributed by atoms with Crippen molar-refractivity contribution in [3.63, 3.8) is 0 Å². The fraction of sp³-hybridized carbons (Fsp3) is 0.818. The van der Waals surface area contributed by atoms with Gasteiger partial charge in [-0.1, -0.05) is 0 Å². The second-order valence-electron chi connectivity index (χ2n) is 4.60. The first-order valence-electron chi connectivity index (χ1n) is 5.96. The summed E-state index contributed by atoms with van der Waals surface area (Å²) >= 11 is 0. The van der Waals surface area contributed by atoms with Crippen LogP contribution in [0.4, 0.5) is 13.2 Å². The molecule has 19 heavy (non-hydrogen) atoms. The third-order valence-electron chi connectivity index (χ3n) is 2.83. The smallest absolute Gasteiger partial charge is 0.383 e. The van der Waals surface area contributed by atoms with E-state index in [0.29, 0.717) is 13.2 Å². The Morgan fingerprint density at radius 3 is 2.68 bits per heavy atom. The normalized spacial score (nSPS) is 25.5. The molecule has 0 spiro atoms. The summed E-state index contributed by atoms with van der Waals surface area (Å²) in [5.41, 5.74) is -1.03. The molecule has 1 unspecified atom stereocenters. The van der Waals surface area contributed by atoms with Gasteiger partial charge >= 0.3 is 6.18 Å². The van der Waals surface area contributed by atoms with Gasteiger partial charge in [0, 0.05) is 13.5 Å². The van der Waals surface area contributed by atoms with Gasteiger partial charge in [-0.2, -0.15) is 13.2 Å². The lowest BCUT2D eigenvalue weighted by Crippen LogP contribution is -2.43. The van der Waals surface area contributed by atoms with E-state index in [1.807, 2.05) is 0 Å². The van der Waals surface area contributed by atoms with Crippen molar-refractivity contribution in [2.24, 2.45) is 4.99 Å². The maximum absolute atomic E-state index is 12.1. The first kappa shape index (κ1) is 15.7. The third kappa shape index (κ3) is 5.06. The molecule has 1 aliphatic rings. The number of nitrogens with one attached hydrogen (secondary N) is 2. The van der Waals surface area contributed by atoms with E-state index in [1.165, 1.54) is 7.11 Å². The molecule has 0 bridgehead atoms. The molecule has 1 fully saturated rings. The maximum Gasteiger partial charge on any atom is 0.389 e. The van der Waals surface area contributed by atoms with E-state index in [1.54, 1.807) is 6.92 Å². The number of hydrogen-bond acceptors (Lipinski definition) is 3. The number of guanidine groups is 1. The lowest BCUT2D eigenvalue weighted by molar-refractivity contribution is -0.137. The maximum atomic E-state index is 12.1. The Hall–Kier alpha value is -1.31. The Labute approximate surface area is 109 Å². The minimum atomic E-state index is -4.19. The Morgan fingerprint density at radius 2 is 2.11 bits per heavy atom. The number of halogens is 3. The zero-order valence-corrected chi connectivity index (χ0v) is 10.9. The molecule has 0 aromatic heterocycles. The van der Waals surface area contributed by atoms with Crippen molar-refractivity contribution >= 4 is 11.9 Å². The van der Waals surface area contributed by atoms with Gasteiger partial charge in [0.25, 0.3) is 5.91 Å². The molecule has 1 aliphatic heterocycles. The van der Waals surface area contributed by atoms with Crippen LogP contribution in [-0.4, -0.2) is 43.8 Å². The fourth-order valence-corrected chi connectivity index (χ4v) is 1.74. The molecule has 5 nitrogen and oxygen atoms in total. The zero-order valence-electron chi connectivity index (χ0n) is 10.9. The molecule has 0 saturated carbocycles. The van der Waals surface area contributed by atoms with Crippen LogP contribution in [0.15, 0.2) is 4.99 Å². The molecule has 1 heterocycles. The summed E-state index contributed by atoms with van der Waals surface area (Å²) in [4.78, 5) is 15.8. The zero-order chi connectivity index (χ0) is 14.5. The number of carbonyl (C=O) groups excluding carboxylic acids is 1. The van der Waals surface area contributed by atoms with E-state index in [9.17, 15) is 18.0 Å². The second-order valence-corrected chi connectivity index (χ2v) is 4.60. The number of methoxy groups -OCH3 is 1. The van der Waals surface area contributed by atoms with Gasteiger partial charge in [0.05, 0.1) is 13.2 Å². The van der Waals surface area contributed by atoms with E-state index >= 15 is 0 Å². The highest BCUT2D eigenvalue weighted by atomic mass is 19.4. The van der Waals surface area contributed by atoms with Crippen LogP contribution in [0, 0.1) is 0 Å². The summed E-state index contributed by atoms with van der Waals surface area (Å²) in [6.45, 7) is 2.35. The topological polar surface area (TPSA) is 62.7 Å².